The Hall–Kier alpha value is -2.29. The van der Waals surface area contributed by atoms with Crippen LogP contribution >= 0.6 is 23.2 Å². The summed E-state index contributed by atoms with van der Waals surface area (Å²) in [6.45, 7) is 3.82. The molecule has 1 aliphatic carbocycles. The van der Waals surface area contributed by atoms with Crippen molar-refractivity contribution in [2.24, 2.45) is 11.8 Å². The van der Waals surface area contributed by atoms with E-state index in [9.17, 15) is 24.6 Å². The van der Waals surface area contributed by atoms with Gasteiger partial charge in [-0.15, -0.1) is 0 Å². The molecule has 1 aromatic heterocycles. The maximum Gasteiger partial charge on any atom is 0.328 e. The quantitative estimate of drug-likeness (QED) is 0.535. The van der Waals surface area contributed by atoms with Gasteiger partial charge in [0.05, 0.1) is 13.1 Å². The molecular weight excluding hydrogens is 433 g/mol. The van der Waals surface area contributed by atoms with Gasteiger partial charge in [-0.25, -0.2) is 4.79 Å². The first-order chi connectivity index (χ1) is 14.0. The van der Waals surface area contributed by atoms with Crippen LogP contribution in [0, 0.1) is 11.8 Å². The summed E-state index contributed by atoms with van der Waals surface area (Å²) in [5, 5.41) is 22.9. The number of nitrogens with zero attached hydrogens (tertiary/aromatic N) is 2. The number of halogens is 2. The number of benzene rings is 1. The van der Waals surface area contributed by atoms with Crippen LogP contribution in [0.25, 0.3) is 0 Å². The van der Waals surface area contributed by atoms with Crippen LogP contribution in [0.3, 0.4) is 0 Å². The molecule has 162 valence electrons. The number of aliphatic carboxylic acids is 2. The molecule has 3 atom stereocenters. The highest BCUT2D eigenvalue weighted by atomic mass is 35.5. The third kappa shape index (κ3) is 4.55. The van der Waals surface area contributed by atoms with Gasteiger partial charge in [0, 0.05) is 22.4 Å². The van der Waals surface area contributed by atoms with Crippen molar-refractivity contribution in [3.05, 3.63) is 56.7 Å². The molecule has 0 spiro atoms. The monoisotopic (exact) mass is 455 g/mol. The first kappa shape index (κ1) is 22.4. The Morgan fingerprint density at radius 3 is 2.27 bits per heavy atom. The lowest BCUT2D eigenvalue weighted by Gasteiger charge is -2.22. The molecule has 1 aliphatic rings. The second-order valence-corrected chi connectivity index (χ2v) is 8.88. The number of carbonyl (C=O) groups is 2. The van der Waals surface area contributed by atoms with Crippen LogP contribution in [0.1, 0.15) is 25.8 Å². The van der Waals surface area contributed by atoms with E-state index in [-0.39, 0.29) is 24.9 Å². The maximum atomic E-state index is 12.7. The summed E-state index contributed by atoms with van der Waals surface area (Å²) in [6.07, 6.45) is 3.37. The van der Waals surface area contributed by atoms with Crippen LogP contribution < -0.4 is 11.0 Å². The van der Waals surface area contributed by atoms with Crippen LogP contribution in [0.4, 0.5) is 0 Å². The molecule has 2 aromatic rings. The Balaban J connectivity index is 1.78. The lowest BCUT2D eigenvalue weighted by molar-refractivity contribution is -0.144. The molecule has 10 heteroatoms. The molecular formula is C20H23Cl2N3O5. The van der Waals surface area contributed by atoms with E-state index in [0.29, 0.717) is 16.5 Å². The van der Waals surface area contributed by atoms with E-state index in [1.807, 2.05) is 13.8 Å². The van der Waals surface area contributed by atoms with Crippen LogP contribution in [0.15, 0.2) is 35.4 Å². The van der Waals surface area contributed by atoms with E-state index >= 15 is 0 Å². The second kappa shape index (κ2) is 8.45. The highest BCUT2D eigenvalue weighted by Crippen LogP contribution is 2.49. The molecule has 2 unspecified atom stereocenters. The maximum absolute atomic E-state index is 12.7. The van der Waals surface area contributed by atoms with Gasteiger partial charge in [-0.1, -0.05) is 37.0 Å². The zero-order valence-corrected chi connectivity index (χ0v) is 18.0. The molecule has 0 aliphatic heterocycles. The summed E-state index contributed by atoms with van der Waals surface area (Å²) >= 11 is 12.0. The lowest BCUT2D eigenvalue weighted by atomic mass is 10.0. The number of rotatable bonds is 9. The Morgan fingerprint density at radius 1 is 1.17 bits per heavy atom. The van der Waals surface area contributed by atoms with Gasteiger partial charge >= 0.3 is 17.6 Å². The van der Waals surface area contributed by atoms with E-state index in [2.05, 4.69) is 5.32 Å². The Labute approximate surface area is 183 Å². The minimum Gasteiger partial charge on any atom is -0.480 e. The fourth-order valence-electron chi connectivity index (χ4n) is 3.87. The molecule has 1 fully saturated rings. The second-order valence-electron chi connectivity index (χ2n) is 8.00. The van der Waals surface area contributed by atoms with Gasteiger partial charge in [0.15, 0.2) is 0 Å². The van der Waals surface area contributed by atoms with Crippen molar-refractivity contribution < 1.29 is 19.8 Å². The molecule has 0 amide bonds. The van der Waals surface area contributed by atoms with Crippen LogP contribution in [-0.4, -0.2) is 42.9 Å². The van der Waals surface area contributed by atoms with E-state index in [0.717, 1.165) is 5.56 Å². The van der Waals surface area contributed by atoms with Crippen molar-refractivity contribution in [3.63, 3.8) is 0 Å². The number of hydrogen-bond donors (Lipinski definition) is 3. The third-order valence-electron chi connectivity index (χ3n) is 5.50. The molecule has 1 saturated carbocycles. The van der Waals surface area contributed by atoms with Gasteiger partial charge in [-0.05, 0) is 42.0 Å². The van der Waals surface area contributed by atoms with Crippen LogP contribution in [0.5, 0.6) is 0 Å². The normalized spacial score (nSPS) is 21.6. The summed E-state index contributed by atoms with van der Waals surface area (Å²) in [5.41, 5.74) is -0.969. The smallest absolute Gasteiger partial charge is 0.328 e. The number of hydrogen-bond acceptors (Lipinski definition) is 4. The van der Waals surface area contributed by atoms with Gasteiger partial charge in [-0.3, -0.25) is 24.0 Å². The molecule has 0 saturated heterocycles. The fourth-order valence-corrected chi connectivity index (χ4v) is 4.44. The van der Waals surface area contributed by atoms with Gasteiger partial charge in [0.25, 0.3) is 0 Å². The van der Waals surface area contributed by atoms with Gasteiger partial charge in [0.2, 0.25) is 0 Å². The Kier molecular flexibility index (Phi) is 6.31. The minimum absolute atomic E-state index is 0.0939. The first-order valence-electron chi connectivity index (χ1n) is 9.48. The number of carboxylic acid groups (broad SMARTS) is 2. The fraction of sp³-hybridized carbons (Fsp3) is 0.450. The lowest BCUT2D eigenvalue weighted by Crippen LogP contribution is -2.53. The van der Waals surface area contributed by atoms with E-state index in [4.69, 9.17) is 23.2 Å². The Bertz CT molecular complexity index is 1010. The van der Waals surface area contributed by atoms with Crippen molar-refractivity contribution >= 4 is 35.1 Å². The molecule has 3 rings (SSSR count). The van der Waals surface area contributed by atoms with Crippen molar-refractivity contribution in [2.45, 2.75) is 44.9 Å². The average molecular weight is 456 g/mol. The topological polar surface area (TPSA) is 114 Å². The van der Waals surface area contributed by atoms with Gasteiger partial charge in [0.1, 0.15) is 11.6 Å². The SMILES string of the molecule is CC(C)C1CC1(N[C@@H](Cn1ccn(Cc2cc(Cl)cc(Cl)c2)c1=O)C(=O)O)C(=O)O. The zero-order valence-electron chi connectivity index (χ0n) is 16.5. The molecule has 3 N–H and O–H groups in total. The highest BCUT2D eigenvalue weighted by Gasteiger charge is 2.62. The standard InChI is InChI=1S/C20H23Cl2N3O5/c1-11(2)15-8-20(15,18(28)29)23-16(17(26)27)10-25-4-3-24(19(25)30)9-12-5-13(21)7-14(22)6-12/h3-7,11,15-16,23H,8-10H2,1-2H3,(H,26,27)(H,28,29)/t15?,16-,20?/m0/s1. The average Bonchev–Trinajstić information content (AvgIpc) is 3.29. The van der Waals surface area contributed by atoms with Crippen LogP contribution in [0.2, 0.25) is 10.0 Å². The van der Waals surface area contributed by atoms with E-state index < -0.39 is 29.2 Å². The van der Waals surface area contributed by atoms with E-state index in [1.54, 1.807) is 18.2 Å². The van der Waals surface area contributed by atoms with Gasteiger partial charge in [-0.2, -0.15) is 0 Å². The number of aromatic nitrogens is 2. The minimum atomic E-state index is -1.28. The van der Waals surface area contributed by atoms with Crippen molar-refractivity contribution in [2.75, 3.05) is 0 Å². The summed E-state index contributed by atoms with van der Waals surface area (Å²) in [7, 11) is 0. The van der Waals surface area contributed by atoms with Crippen molar-refractivity contribution in [1.29, 1.82) is 0 Å². The summed E-state index contributed by atoms with van der Waals surface area (Å²) in [6, 6.07) is 3.74. The summed E-state index contributed by atoms with van der Waals surface area (Å²) < 4.78 is 2.65. The van der Waals surface area contributed by atoms with Crippen LogP contribution in [-0.2, 0) is 22.7 Å². The third-order valence-corrected chi connectivity index (χ3v) is 5.94. The Morgan fingerprint density at radius 2 is 1.77 bits per heavy atom. The largest absolute Gasteiger partial charge is 0.480 e. The van der Waals surface area contributed by atoms with E-state index in [1.165, 1.54) is 21.5 Å². The molecule has 30 heavy (non-hydrogen) atoms. The number of nitrogens with one attached hydrogen (secondary N) is 1. The zero-order chi connectivity index (χ0) is 22.2. The summed E-state index contributed by atoms with van der Waals surface area (Å²) in [5.74, 6) is -2.36. The number of carboxylic acids is 2. The van der Waals surface area contributed by atoms with Crippen molar-refractivity contribution in [1.82, 2.24) is 14.5 Å². The predicted molar refractivity (Wildman–Crippen MR) is 112 cm³/mol. The van der Waals surface area contributed by atoms with Crippen molar-refractivity contribution in [3.8, 4) is 0 Å². The number of imidazole rings is 1. The molecule has 0 bridgehead atoms. The highest BCUT2D eigenvalue weighted by molar-refractivity contribution is 6.34. The molecule has 1 heterocycles. The summed E-state index contributed by atoms with van der Waals surface area (Å²) in [4.78, 5) is 36.3. The molecule has 0 radical (unpaired) electrons. The van der Waals surface area contributed by atoms with Gasteiger partial charge < -0.3 is 10.2 Å². The first-order valence-corrected chi connectivity index (χ1v) is 10.2. The molecule has 8 nitrogen and oxygen atoms in total. The molecule has 1 aromatic carbocycles. The predicted octanol–water partition coefficient (Wildman–Crippen LogP) is 2.55.